The molecule has 20 heavy (non-hydrogen) atoms. The maximum absolute atomic E-state index is 12.6. The van der Waals surface area contributed by atoms with Gasteiger partial charge in [0.15, 0.2) is 5.78 Å². The van der Waals surface area contributed by atoms with Gasteiger partial charge >= 0.3 is 5.97 Å². The van der Waals surface area contributed by atoms with E-state index in [1.807, 2.05) is 6.07 Å². The number of para-hydroxylation sites is 1. The van der Waals surface area contributed by atoms with Crippen molar-refractivity contribution in [3.63, 3.8) is 0 Å². The standard InChI is InChI=1S/C15H14ClNO3/c16-12-6-2-3-8-11(7-17-13(8)12)14(18)9-4-1-5-10(9)15(19)20/h2-3,6-7,9-10,17H,1,4-5H2,(H,19,20). The molecule has 2 unspecified atom stereocenters. The molecule has 1 aromatic heterocycles. The fraction of sp³-hybridized carbons (Fsp3) is 0.333. The molecule has 1 fully saturated rings. The van der Waals surface area contributed by atoms with Crippen LogP contribution in [0.15, 0.2) is 24.4 Å². The van der Waals surface area contributed by atoms with Crippen LogP contribution in [-0.4, -0.2) is 21.8 Å². The van der Waals surface area contributed by atoms with Crippen molar-refractivity contribution in [2.24, 2.45) is 11.8 Å². The minimum Gasteiger partial charge on any atom is -0.481 e. The number of nitrogens with one attached hydrogen (secondary N) is 1. The third-order valence-corrected chi connectivity index (χ3v) is 4.41. The fourth-order valence-corrected chi connectivity index (χ4v) is 3.32. The molecule has 1 heterocycles. The van der Waals surface area contributed by atoms with E-state index in [1.165, 1.54) is 0 Å². The van der Waals surface area contributed by atoms with Gasteiger partial charge in [0.1, 0.15) is 0 Å². The summed E-state index contributed by atoms with van der Waals surface area (Å²) in [5, 5.41) is 10.5. The summed E-state index contributed by atoms with van der Waals surface area (Å²) < 4.78 is 0. The number of ketones is 1. The summed E-state index contributed by atoms with van der Waals surface area (Å²) in [5.41, 5.74) is 1.27. The van der Waals surface area contributed by atoms with E-state index >= 15 is 0 Å². The van der Waals surface area contributed by atoms with Gasteiger partial charge in [-0.05, 0) is 18.9 Å². The van der Waals surface area contributed by atoms with E-state index in [9.17, 15) is 14.7 Å². The molecule has 104 valence electrons. The first-order valence-corrected chi connectivity index (χ1v) is 7.00. The average Bonchev–Trinajstić information content (AvgIpc) is 3.05. The smallest absolute Gasteiger partial charge is 0.307 e. The predicted octanol–water partition coefficient (Wildman–Crippen LogP) is 3.50. The number of H-pyrrole nitrogens is 1. The van der Waals surface area contributed by atoms with Gasteiger partial charge in [-0.15, -0.1) is 0 Å². The molecule has 3 rings (SSSR count). The predicted molar refractivity (Wildman–Crippen MR) is 76.1 cm³/mol. The lowest BCUT2D eigenvalue weighted by Crippen LogP contribution is -2.25. The number of benzene rings is 1. The Hall–Kier alpha value is -1.81. The van der Waals surface area contributed by atoms with Gasteiger partial charge in [-0.2, -0.15) is 0 Å². The molecule has 0 spiro atoms. The molecule has 2 atom stereocenters. The van der Waals surface area contributed by atoms with Gasteiger partial charge in [-0.1, -0.05) is 30.2 Å². The second-order valence-electron chi connectivity index (χ2n) is 5.21. The molecule has 1 saturated carbocycles. The van der Waals surface area contributed by atoms with Crippen LogP contribution in [0.4, 0.5) is 0 Å². The lowest BCUT2D eigenvalue weighted by Gasteiger charge is -2.13. The normalized spacial score (nSPS) is 22.2. The van der Waals surface area contributed by atoms with Gasteiger partial charge in [-0.3, -0.25) is 9.59 Å². The first-order chi connectivity index (χ1) is 9.59. The highest BCUT2D eigenvalue weighted by Gasteiger charge is 2.38. The van der Waals surface area contributed by atoms with Crippen molar-refractivity contribution in [2.75, 3.05) is 0 Å². The lowest BCUT2D eigenvalue weighted by molar-refractivity contribution is -0.142. The number of carbonyl (C=O) groups excluding carboxylic acids is 1. The lowest BCUT2D eigenvalue weighted by atomic mass is 9.88. The zero-order valence-corrected chi connectivity index (χ0v) is 11.5. The van der Waals surface area contributed by atoms with Gasteiger partial charge in [-0.25, -0.2) is 0 Å². The van der Waals surface area contributed by atoms with Crippen molar-refractivity contribution < 1.29 is 14.7 Å². The Kier molecular flexibility index (Phi) is 3.26. The van der Waals surface area contributed by atoms with Gasteiger partial charge in [0.05, 0.1) is 16.5 Å². The molecule has 1 aliphatic rings. The molecular formula is C15H14ClNO3. The number of halogens is 1. The summed E-state index contributed by atoms with van der Waals surface area (Å²) in [5.74, 6) is -1.96. The molecule has 0 bridgehead atoms. The summed E-state index contributed by atoms with van der Waals surface area (Å²) in [7, 11) is 0. The topological polar surface area (TPSA) is 70.2 Å². The number of Topliss-reactive ketones (excluding diaryl/α,β-unsaturated/α-hetero) is 1. The van der Waals surface area contributed by atoms with Crippen molar-refractivity contribution >= 4 is 34.3 Å². The quantitative estimate of drug-likeness (QED) is 0.850. The first kappa shape index (κ1) is 13.2. The van der Waals surface area contributed by atoms with Crippen molar-refractivity contribution in [3.05, 3.63) is 35.0 Å². The number of aromatic nitrogens is 1. The molecule has 5 heteroatoms. The molecule has 2 N–H and O–H groups in total. The Morgan fingerprint density at radius 3 is 2.75 bits per heavy atom. The van der Waals surface area contributed by atoms with E-state index in [-0.39, 0.29) is 5.78 Å². The number of rotatable bonds is 3. The Morgan fingerprint density at radius 1 is 1.25 bits per heavy atom. The Bertz CT molecular complexity index is 691. The molecule has 0 radical (unpaired) electrons. The van der Waals surface area contributed by atoms with Gasteiger partial charge in [0.25, 0.3) is 0 Å². The number of carbonyl (C=O) groups is 2. The number of fused-ring (bicyclic) bond motifs is 1. The highest BCUT2D eigenvalue weighted by atomic mass is 35.5. The van der Waals surface area contributed by atoms with E-state index in [4.69, 9.17) is 11.6 Å². The number of carboxylic acids is 1. The van der Waals surface area contributed by atoms with E-state index < -0.39 is 17.8 Å². The molecular weight excluding hydrogens is 278 g/mol. The molecule has 0 saturated heterocycles. The van der Waals surface area contributed by atoms with Gasteiger partial charge < -0.3 is 10.1 Å². The number of aromatic amines is 1. The van der Waals surface area contributed by atoms with E-state index in [2.05, 4.69) is 4.98 Å². The second kappa shape index (κ2) is 4.94. The summed E-state index contributed by atoms with van der Waals surface area (Å²) in [6.07, 6.45) is 3.64. The Labute approximate surface area is 120 Å². The SMILES string of the molecule is O=C(O)C1CCCC1C(=O)c1c[nH]c2c(Cl)cccc12. The van der Waals surface area contributed by atoms with E-state index in [0.29, 0.717) is 23.4 Å². The Morgan fingerprint density at radius 2 is 2.00 bits per heavy atom. The van der Waals surface area contributed by atoms with Crippen molar-refractivity contribution in [1.29, 1.82) is 0 Å². The van der Waals surface area contributed by atoms with Crippen LogP contribution in [0.1, 0.15) is 29.6 Å². The van der Waals surface area contributed by atoms with Crippen LogP contribution >= 0.6 is 11.6 Å². The number of hydrogen-bond acceptors (Lipinski definition) is 2. The van der Waals surface area contributed by atoms with Crippen molar-refractivity contribution in [2.45, 2.75) is 19.3 Å². The van der Waals surface area contributed by atoms with Crippen LogP contribution < -0.4 is 0 Å². The largest absolute Gasteiger partial charge is 0.481 e. The van der Waals surface area contributed by atoms with Crippen LogP contribution in [0.3, 0.4) is 0 Å². The minimum atomic E-state index is -0.876. The summed E-state index contributed by atoms with van der Waals surface area (Å²) in [6.45, 7) is 0. The number of aliphatic carboxylic acids is 1. The molecule has 0 amide bonds. The molecule has 1 aliphatic carbocycles. The van der Waals surface area contributed by atoms with Gasteiger partial charge in [0, 0.05) is 23.1 Å². The third-order valence-electron chi connectivity index (χ3n) is 4.10. The van der Waals surface area contributed by atoms with Crippen LogP contribution in [0.2, 0.25) is 5.02 Å². The highest BCUT2D eigenvalue weighted by molar-refractivity contribution is 6.35. The maximum Gasteiger partial charge on any atom is 0.307 e. The Balaban J connectivity index is 2.01. The van der Waals surface area contributed by atoms with E-state index in [0.717, 1.165) is 17.3 Å². The highest BCUT2D eigenvalue weighted by Crippen LogP contribution is 2.36. The van der Waals surface area contributed by atoms with Crippen LogP contribution in [0.5, 0.6) is 0 Å². The molecule has 1 aromatic carbocycles. The fourth-order valence-electron chi connectivity index (χ4n) is 3.09. The monoisotopic (exact) mass is 291 g/mol. The van der Waals surface area contributed by atoms with Crippen LogP contribution in [0, 0.1) is 11.8 Å². The van der Waals surface area contributed by atoms with Gasteiger partial charge in [0.2, 0.25) is 0 Å². The van der Waals surface area contributed by atoms with E-state index in [1.54, 1.807) is 18.3 Å². The molecule has 2 aromatic rings. The summed E-state index contributed by atoms with van der Waals surface area (Å²) >= 11 is 6.08. The third kappa shape index (κ3) is 2.00. The number of hydrogen-bond donors (Lipinski definition) is 2. The summed E-state index contributed by atoms with van der Waals surface area (Å²) in [4.78, 5) is 26.8. The molecule has 0 aliphatic heterocycles. The average molecular weight is 292 g/mol. The van der Waals surface area contributed by atoms with Crippen molar-refractivity contribution in [1.82, 2.24) is 4.98 Å². The minimum absolute atomic E-state index is 0.0941. The summed E-state index contributed by atoms with van der Waals surface area (Å²) in [6, 6.07) is 5.37. The number of carboxylic acid groups (broad SMARTS) is 1. The van der Waals surface area contributed by atoms with Crippen molar-refractivity contribution in [3.8, 4) is 0 Å². The van der Waals surface area contributed by atoms with Crippen LogP contribution in [-0.2, 0) is 4.79 Å². The molecule has 4 nitrogen and oxygen atoms in total. The van der Waals surface area contributed by atoms with Crippen LogP contribution in [0.25, 0.3) is 10.9 Å². The second-order valence-corrected chi connectivity index (χ2v) is 5.62. The first-order valence-electron chi connectivity index (χ1n) is 6.62. The zero-order valence-electron chi connectivity index (χ0n) is 10.7. The zero-order chi connectivity index (χ0) is 14.3. The maximum atomic E-state index is 12.6.